The van der Waals surface area contributed by atoms with Crippen molar-refractivity contribution >= 4 is 5.97 Å². The van der Waals surface area contributed by atoms with Gasteiger partial charge in [0.25, 0.3) is 0 Å². The number of carbonyl (C=O) groups excluding carboxylic acids is 1. The van der Waals surface area contributed by atoms with Gasteiger partial charge in [-0.1, -0.05) is 13.8 Å². The molecule has 4 heteroatoms. The van der Waals surface area contributed by atoms with Crippen molar-refractivity contribution in [3.05, 3.63) is 0 Å². The molecule has 0 aliphatic carbocycles. The number of esters is 1. The van der Waals surface area contributed by atoms with E-state index in [2.05, 4.69) is 4.74 Å². The Morgan fingerprint density at radius 2 is 1.92 bits per heavy atom. The highest BCUT2D eigenvalue weighted by Crippen LogP contribution is 1.96. The van der Waals surface area contributed by atoms with E-state index in [-0.39, 0.29) is 6.61 Å². The van der Waals surface area contributed by atoms with Crippen LogP contribution in [0.3, 0.4) is 0 Å². The predicted octanol–water partition coefficient (Wildman–Crippen LogP) is 0.0714. The molecule has 0 saturated heterocycles. The third-order valence-corrected chi connectivity index (χ3v) is 1.55. The smallest absolute Gasteiger partial charge is 0.335 e. The normalized spacial score (nSPS) is 15.3. The number of aliphatic hydroxyl groups is 2. The van der Waals surface area contributed by atoms with Crippen LogP contribution in [0.25, 0.3) is 0 Å². The minimum absolute atomic E-state index is 0.0353. The summed E-state index contributed by atoms with van der Waals surface area (Å²) in [5, 5.41) is 18.0. The van der Waals surface area contributed by atoms with Gasteiger partial charge in [-0.25, -0.2) is 4.79 Å². The Bertz CT molecular complexity index is 135. The summed E-state index contributed by atoms with van der Waals surface area (Å²) in [6, 6.07) is 0. The average molecular weight is 176 g/mol. The number of hydrogen-bond donors (Lipinski definition) is 2. The molecule has 2 unspecified atom stereocenters. The van der Waals surface area contributed by atoms with E-state index in [9.17, 15) is 4.79 Å². The number of hydrogen-bond acceptors (Lipinski definition) is 4. The molecule has 0 radical (unpaired) electrons. The summed E-state index contributed by atoms with van der Waals surface area (Å²) in [6.07, 6.45) is -0.816. The van der Waals surface area contributed by atoms with Crippen molar-refractivity contribution in [2.75, 3.05) is 6.61 Å². The number of rotatable bonds is 5. The van der Waals surface area contributed by atoms with Crippen LogP contribution >= 0.6 is 0 Å². The van der Waals surface area contributed by atoms with Gasteiger partial charge in [-0.15, -0.1) is 0 Å². The highest BCUT2D eigenvalue weighted by Gasteiger charge is 2.14. The van der Waals surface area contributed by atoms with Crippen molar-refractivity contribution in [2.24, 2.45) is 0 Å². The van der Waals surface area contributed by atoms with Crippen molar-refractivity contribution < 1.29 is 19.7 Å². The number of carbonyl (C=O) groups is 1. The highest BCUT2D eigenvalue weighted by atomic mass is 16.6. The van der Waals surface area contributed by atoms with Gasteiger partial charge in [0, 0.05) is 0 Å². The van der Waals surface area contributed by atoms with Crippen LogP contribution in [0.4, 0.5) is 0 Å². The molecule has 72 valence electrons. The van der Waals surface area contributed by atoms with Gasteiger partial charge < -0.3 is 14.9 Å². The Hall–Kier alpha value is -0.610. The quantitative estimate of drug-likeness (QED) is 0.582. The molecular formula is C8H16O4. The summed E-state index contributed by atoms with van der Waals surface area (Å²) in [4.78, 5) is 10.8. The van der Waals surface area contributed by atoms with E-state index in [1.807, 2.05) is 0 Å². The largest absolute Gasteiger partial charge is 0.461 e. The Morgan fingerprint density at radius 1 is 1.33 bits per heavy atom. The minimum atomic E-state index is -1.06. The lowest BCUT2D eigenvalue weighted by Gasteiger charge is -2.11. The minimum Gasteiger partial charge on any atom is -0.461 e. The Morgan fingerprint density at radius 3 is 2.33 bits per heavy atom. The SMILES string of the molecule is CCC(O)COC(=O)C(O)CC. The molecule has 0 amide bonds. The molecule has 2 N–H and O–H groups in total. The van der Waals surface area contributed by atoms with Gasteiger partial charge in [-0.2, -0.15) is 0 Å². The topological polar surface area (TPSA) is 66.8 Å². The molecule has 4 nitrogen and oxygen atoms in total. The third kappa shape index (κ3) is 4.31. The first kappa shape index (κ1) is 11.4. The molecule has 0 aromatic carbocycles. The maximum atomic E-state index is 10.8. The van der Waals surface area contributed by atoms with E-state index in [4.69, 9.17) is 10.2 Å². The first-order valence-corrected chi connectivity index (χ1v) is 4.14. The summed E-state index contributed by atoms with van der Waals surface area (Å²) in [5.41, 5.74) is 0. The second kappa shape index (κ2) is 5.97. The predicted molar refractivity (Wildman–Crippen MR) is 43.6 cm³/mol. The van der Waals surface area contributed by atoms with E-state index >= 15 is 0 Å². The fourth-order valence-corrected chi connectivity index (χ4v) is 0.559. The summed E-state index contributed by atoms with van der Waals surface area (Å²) in [6.45, 7) is 3.43. The van der Waals surface area contributed by atoms with Crippen LogP contribution in [-0.2, 0) is 9.53 Å². The van der Waals surface area contributed by atoms with Crippen LogP contribution in [-0.4, -0.2) is 35.0 Å². The lowest BCUT2D eigenvalue weighted by molar-refractivity contribution is -0.156. The summed E-state index contributed by atoms with van der Waals surface area (Å²) in [7, 11) is 0. The summed E-state index contributed by atoms with van der Waals surface area (Å²) >= 11 is 0. The highest BCUT2D eigenvalue weighted by molar-refractivity contribution is 5.74. The van der Waals surface area contributed by atoms with Gasteiger partial charge in [0.15, 0.2) is 6.10 Å². The van der Waals surface area contributed by atoms with Gasteiger partial charge in [-0.3, -0.25) is 0 Å². The molecule has 0 rings (SSSR count). The van der Waals surface area contributed by atoms with Crippen LogP contribution in [0.2, 0.25) is 0 Å². The van der Waals surface area contributed by atoms with Gasteiger partial charge >= 0.3 is 5.97 Å². The maximum absolute atomic E-state index is 10.8. The van der Waals surface area contributed by atoms with E-state index in [0.717, 1.165) is 0 Å². The van der Waals surface area contributed by atoms with Crippen LogP contribution in [0, 0.1) is 0 Å². The number of ether oxygens (including phenoxy) is 1. The first-order valence-electron chi connectivity index (χ1n) is 4.14. The van der Waals surface area contributed by atoms with Gasteiger partial charge in [-0.05, 0) is 12.8 Å². The van der Waals surface area contributed by atoms with Crippen molar-refractivity contribution in [3.63, 3.8) is 0 Å². The Balaban J connectivity index is 3.56. The first-order chi connectivity index (χ1) is 5.61. The van der Waals surface area contributed by atoms with E-state index in [1.165, 1.54) is 0 Å². The van der Waals surface area contributed by atoms with E-state index in [0.29, 0.717) is 12.8 Å². The zero-order valence-electron chi connectivity index (χ0n) is 7.49. The average Bonchev–Trinajstić information content (AvgIpc) is 2.11. The third-order valence-electron chi connectivity index (χ3n) is 1.55. The second-order valence-electron chi connectivity index (χ2n) is 2.62. The van der Waals surface area contributed by atoms with Gasteiger partial charge in [0.1, 0.15) is 6.61 Å². The van der Waals surface area contributed by atoms with Crippen LogP contribution in [0.5, 0.6) is 0 Å². The molecule has 0 bridgehead atoms. The second-order valence-corrected chi connectivity index (χ2v) is 2.62. The fraction of sp³-hybridized carbons (Fsp3) is 0.875. The maximum Gasteiger partial charge on any atom is 0.335 e. The van der Waals surface area contributed by atoms with Gasteiger partial charge in [0.05, 0.1) is 6.10 Å². The lowest BCUT2D eigenvalue weighted by Crippen LogP contribution is -2.26. The molecule has 12 heavy (non-hydrogen) atoms. The summed E-state index contributed by atoms with van der Waals surface area (Å²) < 4.78 is 4.61. The standard InChI is InChI=1S/C8H16O4/c1-3-6(9)5-12-8(11)7(10)4-2/h6-7,9-10H,3-5H2,1-2H3. The van der Waals surface area contributed by atoms with E-state index < -0.39 is 18.2 Å². The molecule has 0 fully saturated rings. The van der Waals surface area contributed by atoms with E-state index in [1.54, 1.807) is 13.8 Å². The van der Waals surface area contributed by atoms with Crippen molar-refractivity contribution in [2.45, 2.75) is 38.9 Å². The molecule has 0 saturated carbocycles. The molecule has 0 aliphatic rings. The van der Waals surface area contributed by atoms with Crippen LogP contribution in [0.1, 0.15) is 26.7 Å². The zero-order valence-corrected chi connectivity index (χ0v) is 7.49. The molecule has 0 heterocycles. The van der Waals surface area contributed by atoms with Crippen molar-refractivity contribution in [1.29, 1.82) is 0 Å². The van der Waals surface area contributed by atoms with Crippen molar-refractivity contribution in [3.8, 4) is 0 Å². The number of aliphatic hydroxyl groups excluding tert-OH is 2. The zero-order chi connectivity index (χ0) is 9.56. The Kier molecular flexibility index (Phi) is 5.66. The monoisotopic (exact) mass is 176 g/mol. The van der Waals surface area contributed by atoms with Gasteiger partial charge in [0.2, 0.25) is 0 Å². The van der Waals surface area contributed by atoms with Crippen LogP contribution in [0.15, 0.2) is 0 Å². The molecular weight excluding hydrogens is 160 g/mol. The van der Waals surface area contributed by atoms with Crippen LogP contribution < -0.4 is 0 Å². The molecule has 0 aliphatic heterocycles. The molecule has 0 aromatic heterocycles. The summed E-state index contributed by atoms with van der Waals surface area (Å²) in [5.74, 6) is -0.662. The molecule has 0 spiro atoms. The fourth-order valence-electron chi connectivity index (χ4n) is 0.559. The lowest BCUT2D eigenvalue weighted by atomic mass is 10.3. The Labute approximate surface area is 72.2 Å². The van der Waals surface area contributed by atoms with Crippen molar-refractivity contribution in [1.82, 2.24) is 0 Å². The molecule has 2 atom stereocenters. The molecule has 0 aromatic rings.